The summed E-state index contributed by atoms with van der Waals surface area (Å²) in [6.45, 7) is 1.50. The molecule has 0 aromatic heterocycles. The molecule has 0 aliphatic carbocycles. The number of halogens is 2. The molecule has 0 saturated carbocycles. The fraction of sp³-hybridized carbons (Fsp3) is 0.417. The minimum atomic E-state index is -0.980. The maximum Gasteiger partial charge on any atom is 0.224 e. The molecule has 4 nitrogen and oxygen atoms in total. The third kappa shape index (κ3) is 4.77. The van der Waals surface area contributed by atoms with Gasteiger partial charge in [0.05, 0.1) is 19.6 Å². The molecule has 0 saturated heterocycles. The first-order chi connectivity index (χ1) is 8.65. The van der Waals surface area contributed by atoms with E-state index in [9.17, 15) is 13.6 Å². The van der Waals surface area contributed by atoms with E-state index < -0.39 is 11.6 Å². The lowest BCUT2D eigenvalue weighted by molar-refractivity contribution is -0.120. The first-order valence-corrected chi connectivity index (χ1v) is 5.62. The molecule has 0 aliphatic heterocycles. The van der Waals surface area contributed by atoms with Crippen molar-refractivity contribution < 1.29 is 18.3 Å². The quantitative estimate of drug-likeness (QED) is 0.704. The van der Waals surface area contributed by atoms with Crippen molar-refractivity contribution in [3.63, 3.8) is 0 Å². The van der Waals surface area contributed by atoms with Crippen molar-refractivity contribution in [1.29, 1.82) is 0 Å². The second kappa shape index (κ2) is 7.73. The van der Waals surface area contributed by atoms with Gasteiger partial charge in [0.1, 0.15) is 0 Å². The van der Waals surface area contributed by atoms with Gasteiger partial charge in [0.15, 0.2) is 11.6 Å². The lowest BCUT2D eigenvalue weighted by Crippen LogP contribution is -2.29. The van der Waals surface area contributed by atoms with E-state index in [4.69, 9.17) is 10.5 Å². The van der Waals surface area contributed by atoms with Crippen molar-refractivity contribution >= 4 is 5.91 Å². The Hall–Kier alpha value is -1.53. The van der Waals surface area contributed by atoms with E-state index in [0.717, 1.165) is 6.07 Å². The van der Waals surface area contributed by atoms with Crippen molar-refractivity contribution in [2.45, 2.75) is 6.42 Å². The van der Waals surface area contributed by atoms with Gasteiger partial charge in [-0.1, -0.05) is 12.1 Å². The van der Waals surface area contributed by atoms with Gasteiger partial charge < -0.3 is 15.8 Å². The smallest absolute Gasteiger partial charge is 0.224 e. The topological polar surface area (TPSA) is 64.3 Å². The van der Waals surface area contributed by atoms with E-state index in [1.165, 1.54) is 12.1 Å². The molecule has 0 fully saturated rings. The molecule has 0 atom stereocenters. The van der Waals surface area contributed by atoms with Crippen molar-refractivity contribution in [2.24, 2.45) is 5.73 Å². The Kier molecular flexibility index (Phi) is 6.24. The highest BCUT2D eigenvalue weighted by Crippen LogP contribution is 2.11. The number of carbonyl (C=O) groups is 1. The highest BCUT2D eigenvalue weighted by Gasteiger charge is 2.10. The van der Waals surface area contributed by atoms with Crippen LogP contribution in [0.25, 0.3) is 0 Å². The minimum Gasteiger partial charge on any atom is -0.378 e. The number of nitrogens with one attached hydrogen (secondary N) is 1. The fourth-order valence-electron chi connectivity index (χ4n) is 1.37. The minimum absolute atomic E-state index is 0.0374. The lowest BCUT2D eigenvalue weighted by Gasteiger charge is -2.06. The number of amides is 1. The monoisotopic (exact) mass is 258 g/mol. The molecule has 1 rings (SSSR count). The van der Waals surface area contributed by atoms with E-state index in [0.29, 0.717) is 26.3 Å². The fourth-order valence-corrected chi connectivity index (χ4v) is 1.37. The molecule has 0 spiro atoms. The van der Waals surface area contributed by atoms with Crippen LogP contribution in [0.3, 0.4) is 0 Å². The van der Waals surface area contributed by atoms with Gasteiger partial charge in [0.25, 0.3) is 0 Å². The van der Waals surface area contributed by atoms with Crippen LogP contribution in [-0.4, -0.2) is 32.2 Å². The summed E-state index contributed by atoms with van der Waals surface area (Å²) in [4.78, 5) is 11.4. The third-order valence-electron chi connectivity index (χ3n) is 2.21. The zero-order valence-electron chi connectivity index (χ0n) is 9.92. The van der Waals surface area contributed by atoms with Gasteiger partial charge in [-0.2, -0.15) is 0 Å². The number of nitrogens with two attached hydrogens (primary N) is 1. The maximum absolute atomic E-state index is 13.3. The number of benzene rings is 1. The molecule has 0 heterocycles. The molecule has 6 heteroatoms. The van der Waals surface area contributed by atoms with Crippen LogP contribution in [0.2, 0.25) is 0 Å². The van der Waals surface area contributed by atoms with Crippen LogP contribution < -0.4 is 11.1 Å². The van der Waals surface area contributed by atoms with Gasteiger partial charge in [-0.3, -0.25) is 4.79 Å². The van der Waals surface area contributed by atoms with Crippen molar-refractivity contribution in [1.82, 2.24) is 5.32 Å². The summed E-state index contributed by atoms with van der Waals surface area (Å²) < 4.78 is 31.2. The zero-order valence-corrected chi connectivity index (χ0v) is 9.92. The van der Waals surface area contributed by atoms with Gasteiger partial charge in [0.2, 0.25) is 5.91 Å². The highest BCUT2D eigenvalue weighted by molar-refractivity contribution is 5.78. The predicted molar refractivity (Wildman–Crippen MR) is 62.9 cm³/mol. The van der Waals surface area contributed by atoms with Crippen molar-refractivity contribution in [3.05, 3.63) is 35.4 Å². The summed E-state index contributed by atoms with van der Waals surface area (Å²) >= 11 is 0. The second-order valence-corrected chi connectivity index (χ2v) is 3.64. The number of hydrogen-bond donors (Lipinski definition) is 2. The van der Waals surface area contributed by atoms with Gasteiger partial charge in [-0.15, -0.1) is 0 Å². The molecule has 1 aromatic rings. The average Bonchev–Trinajstić information content (AvgIpc) is 2.35. The summed E-state index contributed by atoms with van der Waals surface area (Å²) in [5.41, 5.74) is 5.25. The van der Waals surface area contributed by atoms with Crippen LogP contribution in [-0.2, 0) is 16.0 Å². The van der Waals surface area contributed by atoms with Crippen LogP contribution in [0, 0.1) is 11.6 Å². The summed E-state index contributed by atoms with van der Waals surface area (Å²) in [5, 5.41) is 2.54. The Morgan fingerprint density at radius 3 is 2.83 bits per heavy atom. The van der Waals surface area contributed by atoms with Crippen molar-refractivity contribution in [3.8, 4) is 0 Å². The van der Waals surface area contributed by atoms with E-state index in [1.54, 1.807) is 0 Å². The van der Waals surface area contributed by atoms with Crippen molar-refractivity contribution in [2.75, 3.05) is 26.3 Å². The first kappa shape index (κ1) is 14.5. The SMILES string of the molecule is NCCOCCNC(=O)Cc1cccc(F)c1F. The van der Waals surface area contributed by atoms with Gasteiger partial charge in [0, 0.05) is 18.7 Å². The normalized spacial score (nSPS) is 10.4. The van der Waals surface area contributed by atoms with Crippen LogP contribution in [0.15, 0.2) is 18.2 Å². The van der Waals surface area contributed by atoms with E-state index in [1.807, 2.05) is 0 Å². The number of rotatable bonds is 7. The molecule has 0 unspecified atom stereocenters. The van der Waals surface area contributed by atoms with E-state index >= 15 is 0 Å². The Morgan fingerprint density at radius 1 is 1.33 bits per heavy atom. The van der Waals surface area contributed by atoms with Gasteiger partial charge in [-0.25, -0.2) is 8.78 Å². The average molecular weight is 258 g/mol. The lowest BCUT2D eigenvalue weighted by atomic mass is 10.1. The highest BCUT2D eigenvalue weighted by atomic mass is 19.2. The van der Waals surface area contributed by atoms with Gasteiger partial charge >= 0.3 is 0 Å². The number of carbonyl (C=O) groups excluding carboxylic acids is 1. The maximum atomic E-state index is 13.3. The molecule has 1 amide bonds. The van der Waals surface area contributed by atoms with Gasteiger partial charge in [-0.05, 0) is 6.07 Å². The standard InChI is InChI=1S/C12H16F2N2O2/c13-10-3-1-2-9(12(10)14)8-11(17)16-5-7-18-6-4-15/h1-3H,4-8,15H2,(H,16,17). The van der Waals surface area contributed by atoms with Crippen LogP contribution in [0.5, 0.6) is 0 Å². The number of hydrogen-bond acceptors (Lipinski definition) is 3. The molecular formula is C12H16F2N2O2. The second-order valence-electron chi connectivity index (χ2n) is 3.64. The third-order valence-corrected chi connectivity index (χ3v) is 2.21. The summed E-state index contributed by atoms with van der Waals surface area (Å²) in [7, 11) is 0. The Morgan fingerprint density at radius 2 is 2.11 bits per heavy atom. The molecule has 0 radical (unpaired) electrons. The van der Waals surface area contributed by atoms with E-state index in [-0.39, 0.29) is 17.9 Å². The largest absolute Gasteiger partial charge is 0.378 e. The summed E-state index contributed by atoms with van der Waals surface area (Å²) in [5.74, 6) is -2.31. The van der Waals surface area contributed by atoms with Crippen LogP contribution in [0.4, 0.5) is 8.78 Å². The molecule has 0 bridgehead atoms. The predicted octanol–water partition coefficient (Wildman–Crippen LogP) is 0.599. The van der Waals surface area contributed by atoms with E-state index in [2.05, 4.69) is 5.32 Å². The molecule has 3 N–H and O–H groups in total. The molecule has 1 aromatic carbocycles. The zero-order chi connectivity index (χ0) is 13.4. The van der Waals surface area contributed by atoms with Crippen LogP contribution >= 0.6 is 0 Å². The molecular weight excluding hydrogens is 242 g/mol. The Labute approximate surface area is 104 Å². The van der Waals surface area contributed by atoms with Crippen LogP contribution in [0.1, 0.15) is 5.56 Å². The Bertz CT molecular complexity index is 400. The molecule has 18 heavy (non-hydrogen) atoms. The number of ether oxygens (including phenoxy) is 1. The summed E-state index contributed by atoms with van der Waals surface area (Å²) in [6.07, 6.45) is -0.194. The first-order valence-electron chi connectivity index (χ1n) is 5.62. The Balaban J connectivity index is 2.34. The molecule has 100 valence electrons. The molecule has 0 aliphatic rings. The summed E-state index contributed by atoms with van der Waals surface area (Å²) in [6, 6.07) is 3.76.